The first-order valence-corrected chi connectivity index (χ1v) is 7.83. The van der Waals surface area contributed by atoms with Crippen LogP contribution in [0.15, 0.2) is 29.5 Å². The summed E-state index contributed by atoms with van der Waals surface area (Å²) in [6.45, 7) is 1.62. The van der Waals surface area contributed by atoms with Gasteiger partial charge in [0.05, 0.1) is 12.8 Å². The van der Waals surface area contributed by atoms with E-state index in [0.29, 0.717) is 12.1 Å². The number of fused-ring (bicyclic) bond motifs is 1. The Balaban J connectivity index is 2.14. The molecule has 0 atom stereocenters. The van der Waals surface area contributed by atoms with Crippen molar-refractivity contribution in [2.45, 2.75) is 6.42 Å². The molecule has 0 amide bonds. The van der Waals surface area contributed by atoms with Gasteiger partial charge in [-0.1, -0.05) is 0 Å². The predicted molar refractivity (Wildman–Crippen MR) is 74.0 cm³/mol. The number of aliphatic imine (C=N–C) groups is 1. The second-order valence-corrected chi connectivity index (χ2v) is 6.38. The van der Waals surface area contributed by atoms with Crippen LogP contribution in [0.25, 0.3) is 11.0 Å². The molecule has 2 aromatic rings. The summed E-state index contributed by atoms with van der Waals surface area (Å²) in [6, 6.07) is 3.69. The van der Waals surface area contributed by atoms with Crippen LogP contribution >= 0.6 is 0 Å². The van der Waals surface area contributed by atoms with Gasteiger partial charge in [-0.3, -0.25) is 4.99 Å². The van der Waals surface area contributed by atoms with E-state index in [1.807, 2.05) is 12.1 Å². The fraction of sp³-hybridized carbons (Fsp3) is 0.333. The Kier molecular flexibility index (Phi) is 2.78. The van der Waals surface area contributed by atoms with E-state index in [4.69, 9.17) is 0 Å². The maximum Gasteiger partial charge on any atom is 0.237 e. The fourth-order valence-electron chi connectivity index (χ4n) is 2.23. The molecule has 0 aliphatic carbocycles. The summed E-state index contributed by atoms with van der Waals surface area (Å²) in [4.78, 5) is 8.50. The van der Waals surface area contributed by atoms with Crippen molar-refractivity contribution in [1.82, 2.24) is 14.3 Å². The van der Waals surface area contributed by atoms with Crippen LogP contribution in [0.2, 0.25) is 0 Å². The quantitative estimate of drug-likeness (QED) is 0.881. The highest BCUT2D eigenvalue weighted by molar-refractivity contribution is 7.89. The molecule has 0 bridgehead atoms. The van der Waals surface area contributed by atoms with Gasteiger partial charge in [0.15, 0.2) is 5.65 Å². The number of hydrogen-bond donors (Lipinski definition) is 1. The number of nitrogens with zero attached hydrogens (tertiary/aromatic N) is 3. The molecule has 7 heteroatoms. The van der Waals surface area contributed by atoms with Crippen molar-refractivity contribution >= 4 is 26.9 Å². The summed E-state index contributed by atoms with van der Waals surface area (Å²) >= 11 is 0. The van der Waals surface area contributed by atoms with Crippen LogP contribution in [-0.4, -0.2) is 42.6 Å². The van der Waals surface area contributed by atoms with Crippen molar-refractivity contribution < 1.29 is 8.42 Å². The molecule has 1 aliphatic heterocycles. The summed E-state index contributed by atoms with van der Waals surface area (Å²) < 4.78 is 24.8. The van der Waals surface area contributed by atoms with Gasteiger partial charge in [-0.05, 0) is 17.7 Å². The normalized spacial score (nSPS) is 15.5. The zero-order valence-corrected chi connectivity index (χ0v) is 11.3. The average molecular weight is 278 g/mol. The number of hydrogen-bond acceptors (Lipinski definition) is 5. The molecule has 6 nitrogen and oxygen atoms in total. The molecular weight excluding hydrogens is 264 g/mol. The third-order valence-corrected chi connectivity index (χ3v) is 4.07. The largest absolute Gasteiger partial charge is 0.372 e. The summed E-state index contributed by atoms with van der Waals surface area (Å²) in [6.07, 6.45) is 5.01. The highest BCUT2D eigenvalue weighted by Gasteiger charge is 2.17. The van der Waals surface area contributed by atoms with Crippen LogP contribution in [0.5, 0.6) is 0 Å². The molecular formula is C12H14N4O2S. The lowest BCUT2D eigenvalue weighted by molar-refractivity contribution is 0.594. The minimum atomic E-state index is -3.35. The fourth-order valence-corrected chi connectivity index (χ4v) is 3.01. The monoisotopic (exact) mass is 278 g/mol. The molecule has 0 radical (unpaired) electrons. The first-order chi connectivity index (χ1) is 9.05. The number of nitrogens with one attached hydrogen (secondary N) is 1. The maximum atomic E-state index is 11.8. The van der Waals surface area contributed by atoms with Crippen LogP contribution < -0.4 is 5.32 Å². The second kappa shape index (κ2) is 4.34. The number of aromatic nitrogens is 2. The highest BCUT2D eigenvalue weighted by atomic mass is 32.2. The zero-order chi connectivity index (χ0) is 13.5. The van der Waals surface area contributed by atoms with Crippen molar-refractivity contribution in [3.63, 3.8) is 0 Å². The number of rotatable bonds is 3. The predicted octanol–water partition coefficient (Wildman–Crippen LogP) is 0.388. The van der Waals surface area contributed by atoms with Gasteiger partial charge in [-0.15, -0.1) is 0 Å². The van der Waals surface area contributed by atoms with E-state index >= 15 is 0 Å². The Bertz CT molecular complexity index is 761. The minimum absolute atomic E-state index is 0.471. The van der Waals surface area contributed by atoms with Gasteiger partial charge >= 0.3 is 0 Å². The molecule has 3 rings (SSSR count). The number of pyridine rings is 1. The van der Waals surface area contributed by atoms with E-state index in [-0.39, 0.29) is 0 Å². The third-order valence-electron chi connectivity index (χ3n) is 3.07. The third kappa shape index (κ3) is 2.21. The smallest absolute Gasteiger partial charge is 0.237 e. The lowest BCUT2D eigenvalue weighted by atomic mass is 10.1. The molecule has 0 saturated carbocycles. The molecule has 0 aromatic carbocycles. The van der Waals surface area contributed by atoms with Gasteiger partial charge in [-0.2, -0.15) is 0 Å². The molecule has 3 heterocycles. The van der Waals surface area contributed by atoms with E-state index in [2.05, 4.69) is 15.3 Å². The van der Waals surface area contributed by atoms with E-state index in [1.165, 1.54) is 10.2 Å². The standard InChI is InChI=1S/C12H14N4O2S/c1-19(17,18)16-8-9(7-11-13-5-6-14-11)10-3-2-4-15-12(10)16/h2-4,8H,5-7H2,1H3,(H,13,14). The van der Waals surface area contributed by atoms with Crippen LogP contribution in [0.3, 0.4) is 0 Å². The lowest BCUT2D eigenvalue weighted by Gasteiger charge is -2.00. The van der Waals surface area contributed by atoms with E-state index in [9.17, 15) is 8.42 Å². The van der Waals surface area contributed by atoms with Gasteiger partial charge < -0.3 is 5.32 Å². The molecule has 19 heavy (non-hydrogen) atoms. The van der Waals surface area contributed by atoms with Gasteiger partial charge in [0.2, 0.25) is 10.0 Å². The Labute approximate surface area is 111 Å². The SMILES string of the molecule is CS(=O)(=O)n1cc(CC2=NCCN2)c2cccnc21. The first kappa shape index (κ1) is 12.2. The van der Waals surface area contributed by atoms with E-state index in [0.717, 1.165) is 29.9 Å². The highest BCUT2D eigenvalue weighted by Crippen LogP contribution is 2.21. The Morgan fingerprint density at radius 3 is 3.00 bits per heavy atom. The molecule has 2 aromatic heterocycles. The molecule has 1 aliphatic rings. The van der Waals surface area contributed by atoms with Gasteiger partial charge in [0, 0.05) is 30.7 Å². The molecule has 100 valence electrons. The second-order valence-electron chi connectivity index (χ2n) is 4.52. The molecule has 1 N–H and O–H groups in total. The zero-order valence-electron chi connectivity index (χ0n) is 10.5. The van der Waals surface area contributed by atoms with Crippen molar-refractivity contribution in [3.05, 3.63) is 30.1 Å². The van der Waals surface area contributed by atoms with Crippen LogP contribution in [-0.2, 0) is 16.4 Å². The molecule has 0 spiro atoms. The first-order valence-electron chi connectivity index (χ1n) is 5.98. The summed E-state index contributed by atoms with van der Waals surface area (Å²) in [5.74, 6) is 0.899. The summed E-state index contributed by atoms with van der Waals surface area (Å²) in [7, 11) is -3.35. The number of amidine groups is 1. The van der Waals surface area contributed by atoms with Crippen LogP contribution in [0.4, 0.5) is 0 Å². The Morgan fingerprint density at radius 1 is 1.47 bits per heavy atom. The van der Waals surface area contributed by atoms with Crippen molar-refractivity contribution in [2.75, 3.05) is 19.3 Å². The van der Waals surface area contributed by atoms with Crippen molar-refractivity contribution in [3.8, 4) is 0 Å². The van der Waals surface area contributed by atoms with Gasteiger partial charge in [0.1, 0.15) is 5.84 Å². The lowest BCUT2D eigenvalue weighted by Crippen LogP contribution is -2.20. The Morgan fingerprint density at radius 2 is 2.32 bits per heavy atom. The van der Waals surface area contributed by atoms with Crippen LogP contribution in [0.1, 0.15) is 5.56 Å². The maximum absolute atomic E-state index is 11.8. The Hall–Kier alpha value is -1.89. The minimum Gasteiger partial charge on any atom is -0.372 e. The van der Waals surface area contributed by atoms with Crippen LogP contribution in [0, 0.1) is 0 Å². The van der Waals surface area contributed by atoms with Crippen molar-refractivity contribution in [1.29, 1.82) is 0 Å². The molecule has 0 fully saturated rings. The van der Waals surface area contributed by atoms with E-state index < -0.39 is 10.0 Å². The topological polar surface area (TPSA) is 76.3 Å². The average Bonchev–Trinajstić information content (AvgIpc) is 2.97. The van der Waals surface area contributed by atoms with Gasteiger partial charge in [0.25, 0.3) is 0 Å². The summed E-state index contributed by atoms with van der Waals surface area (Å²) in [5.41, 5.74) is 1.39. The van der Waals surface area contributed by atoms with Gasteiger partial charge in [-0.25, -0.2) is 17.4 Å². The van der Waals surface area contributed by atoms with E-state index in [1.54, 1.807) is 12.4 Å². The summed E-state index contributed by atoms with van der Waals surface area (Å²) in [5, 5.41) is 4.04. The molecule has 0 unspecified atom stereocenters. The molecule has 0 saturated heterocycles. The van der Waals surface area contributed by atoms with Crippen molar-refractivity contribution in [2.24, 2.45) is 4.99 Å².